The van der Waals surface area contributed by atoms with Crippen molar-refractivity contribution in [2.24, 2.45) is 12.8 Å². The summed E-state index contributed by atoms with van der Waals surface area (Å²) < 4.78 is 7.05. The average molecular weight is 232 g/mol. The predicted octanol–water partition coefficient (Wildman–Crippen LogP) is 0.873. The molecule has 0 radical (unpaired) electrons. The van der Waals surface area contributed by atoms with E-state index in [1.165, 1.54) is 5.56 Å². The number of nitrogens with zero attached hydrogens (tertiary/aromatic N) is 3. The summed E-state index contributed by atoms with van der Waals surface area (Å²) in [5, 5.41) is 8.15. The molecule has 0 aliphatic rings. The monoisotopic (exact) mass is 232 g/mol. The van der Waals surface area contributed by atoms with Gasteiger partial charge < -0.3 is 15.0 Å². The minimum atomic E-state index is 0.409. The molecule has 2 N–H and O–H groups in total. The van der Waals surface area contributed by atoms with Crippen molar-refractivity contribution < 1.29 is 4.74 Å². The first-order valence-corrected chi connectivity index (χ1v) is 5.44. The number of hydrogen-bond acceptors (Lipinski definition) is 4. The van der Waals surface area contributed by atoms with E-state index in [1.807, 2.05) is 35.9 Å². The molecule has 2 rings (SSSR count). The molecule has 0 aliphatic carbocycles. The van der Waals surface area contributed by atoms with E-state index in [0.717, 1.165) is 23.8 Å². The van der Waals surface area contributed by atoms with Crippen LogP contribution in [0.25, 0.3) is 0 Å². The Morgan fingerprint density at radius 2 is 1.82 bits per heavy atom. The van der Waals surface area contributed by atoms with Gasteiger partial charge in [-0.2, -0.15) is 0 Å². The molecule has 90 valence electrons. The molecule has 0 spiro atoms. The zero-order valence-electron chi connectivity index (χ0n) is 10.1. The number of hydrogen-bond donors (Lipinski definition) is 1. The fourth-order valence-electron chi connectivity index (χ4n) is 1.66. The van der Waals surface area contributed by atoms with Gasteiger partial charge >= 0.3 is 0 Å². The first kappa shape index (κ1) is 11.6. The van der Waals surface area contributed by atoms with Crippen LogP contribution in [-0.2, 0) is 20.0 Å². The van der Waals surface area contributed by atoms with Crippen LogP contribution in [-0.4, -0.2) is 21.9 Å². The van der Waals surface area contributed by atoms with Gasteiger partial charge in [0.15, 0.2) is 0 Å². The number of rotatable bonds is 4. The normalized spacial score (nSPS) is 10.5. The molecule has 0 saturated carbocycles. The highest BCUT2D eigenvalue weighted by Gasteiger charge is 2.07. The fraction of sp³-hybridized carbons (Fsp3) is 0.333. The molecular formula is C12H16N4O. The Kier molecular flexibility index (Phi) is 3.39. The van der Waals surface area contributed by atoms with E-state index < -0.39 is 0 Å². The third kappa shape index (κ3) is 2.45. The summed E-state index contributed by atoms with van der Waals surface area (Å²) in [5.41, 5.74) is 6.73. The molecule has 1 aromatic carbocycles. The van der Waals surface area contributed by atoms with Crippen LogP contribution in [0.15, 0.2) is 24.3 Å². The van der Waals surface area contributed by atoms with Gasteiger partial charge in [-0.15, -0.1) is 10.2 Å². The average Bonchev–Trinajstić information content (AvgIpc) is 2.71. The maximum Gasteiger partial charge on any atom is 0.146 e. The van der Waals surface area contributed by atoms with Crippen LogP contribution < -0.4 is 10.5 Å². The smallest absolute Gasteiger partial charge is 0.146 e. The van der Waals surface area contributed by atoms with Gasteiger partial charge in [-0.25, -0.2) is 0 Å². The first-order chi connectivity index (χ1) is 8.24. The quantitative estimate of drug-likeness (QED) is 0.849. The van der Waals surface area contributed by atoms with Crippen LogP contribution >= 0.6 is 0 Å². The van der Waals surface area contributed by atoms with E-state index in [0.29, 0.717) is 6.54 Å². The van der Waals surface area contributed by atoms with Crippen LogP contribution in [0.5, 0.6) is 5.75 Å². The standard InChI is InChI=1S/C12H16N4O/c1-16-11(14-15-12(16)8-13)7-9-3-5-10(17-2)6-4-9/h3-6H,7-8,13H2,1-2H3. The lowest BCUT2D eigenvalue weighted by Crippen LogP contribution is -2.07. The van der Waals surface area contributed by atoms with Gasteiger partial charge in [-0.1, -0.05) is 12.1 Å². The van der Waals surface area contributed by atoms with E-state index in [1.54, 1.807) is 7.11 Å². The summed E-state index contributed by atoms with van der Waals surface area (Å²) in [6.07, 6.45) is 0.744. The Morgan fingerprint density at radius 1 is 1.18 bits per heavy atom. The van der Waals surface area contributed by atoms with E-state index in [9.17, 15) is 0 Å². The molecule has 0 aliphatic heterocycles. The molecule has 17 heavy (non-hydrogen) atoms. The van der Waals surface area contributed by atoms with Crippen molar-refractivity contribution in [1.29, 1.82) is 0 Å². The van der Waals surface area contributed by atoms with Crippen molar-refractivity contribution in [3.63, 3.8) is 0 Å². The maximum absolute atomic E-state index is 5.56. The van der Waals surface area contributed by atoms with Crippen molar-refractivity contribution in [1.82, 2.24) is 14.8 Å². The van der Waals surface area contributed by atoms with Gasteiger partial charge in [0.25, 0.3) is 0 Å². The zero-order chi connectivity index (χ0) is 12.3. The summed E-state index contributed by atoms with van der Waals surface area (Å²) in [7, 11) is 3.59. The third-order valence-corrected chi connectivity index (χ3v) is 2.76. The molecule has 1 heterocycles. The third-order valence-electron chi connectivity index (χ3n) is 2.76. The molecule has 0 amide bonds. The molecule has 0 fully saturated rings. The van der Waals surface area contributed by atoms with Crippen LogP contribution in [0.3, 0.4) is 0 Å². The molecule has 5 heteroatoms. The Hall–Kier alpha value is -1.88. The van der Waals surface area contributed by atoms with E-state index in [-0.39, 0.29) is 0 Å². The molecule has 1 aromatic heterocycles. The second-order valence-electron chi connectivity index (χ2n) is 3.82. The number of methoxy groups -OCH3 is 1. The Balaban J connectivity index is 2.16. The highest BCUT2D eigenvalue weighted by molar-refractivity contribution is 5.28. The first-order valence-electron chi connectivity index (χ1n) is 5.44. The number of ether oxygens (including phenoxy) is 1. The topological polar surface area (TPSA) is 66.0 Å². The summed E-state index contributed by atoms with van der Waals surface area (Å²) in [5.74, 6) is 2.57. The fourth-order valence-corrected chi connectivity index (χ4v) is 1.66. The van der Waals surface area contributed by atoms with Crippen LogP contribution in [0.4, 0.5) is 0 Å². The molecule has 0 bridgehead atoms. The molecule has 5 nitrogen and oxygen atoms in total. The molecule has 0 saturated heterocycles. The van der Waals surface area contributed by atoms with Crippen LogP contribution in [0.1, 0.15) is 17.2 Å². The minimum absolute atomic E-state index is 0.409. The second-order valence-corrected chi connectivity index (χ2v) is 3.82. The highest BCUT2D eigenvalue weighted by Crippen LogP contribution is 2.14. The van der Waals surface area contributed by atoms with Crippen molar-refractivity contribution in [3.8, 4) is 5.75 Å². The van der Waals surface area contributed by atoms with Gasteiger partial charge in [0, 0.05) is 13.5 Å². The SMILES string of the molecule is COc1ccc(Cc2nnc(CN)n2C)cc1. The lowest BCUT2D eigenvalue weighted by Gasteiger charge is -2.04. The molecular weight excluding hydrogens is 216 g/mol. The number of benzene rings is 1. The summed E-state index contributed by atoms with van der Waals surface area (Å²) >= 11 is 0. The Labute approximate surface area is 100 Å². The summed E-state index contributed by atoms with van der Waals surface area (Å²) in [6, 6.07) is 7.93. The van der Waals surface area contributed by atoms with Crippen molar-refractivity contribution in [2.45, 2.75) is 13.0 Å². The maximum atomic E-state index is 5.56. The van der Waals surface area contributed by atoms with Crippen molar-refractivity contribution in [2.75, 3.05) is 7.11 Å². The predicted molar refractivity (Wildman–Crippen MR) is 64.7 cm³/mol. The van der Waals surface area contributed by atoms with Crippen molar-refractivity contribution in [3.05, 3.63) is 41.5 Å². The molecule has 0 unspecified atom stereocenters. The minimum Gasteiger partial charge on any atom is -0.497 e. The van der Waals surface area contributed by atoms with E-state index in [2.05, 4.69) is 10.2 Å². The zero-order valence-corrected chi connectivity index (χ0v) is 10.1. The Morgan fingerprint density at radius 3 is 2.35 bits per heavy atom. The summed E-state index contributed by atoms with van der Waals surface area (Å²) in [6.45, 7) is 0.409. The van der Waals surface area contributed by atoms with E-state index >= 15 is 0 Å². The van der Waals surface area contributed by atoms with E-state index in [4.69, 9.17) is 10.5 Å². The van der Waals surface area contributed by atoms with Gasteiger partial charge in [0.05, 0.1) is 13.7 Å². The highest BCUT2D eigenvalue weighted by atomic mass is 16.5. The van der Waals surface area contributed by atoms with Crippen LogP contribution in [0, 0.1) is 0 Å². The molecule has 0 atom stereocenters. The molecule has 2 aromatic rings. The van der Waals surface area contributed by atoms with Crippen LogP contribution in [0.2, 0.25) is 0 Å². The lowest BCUT2D eigenvalue weighted by molar-refractivity contribution is 0.414. The number of aromatic nitrogens is 3. The summed E-state index contributed by atoms with van der Waals surface area (Å²) in [4.78, 5) is 0. The second kappa shape index (κ2) is 4.97. The van der Waals surface area contributed by atoms with Gasteiger partial charge in [0.1, 0.15) is 17.4 Å². The van der Waals surface area contributed by atoms with Gasteiger partial charge in [0.2, 0.25) is 0 Å². The van der Waals surface area contributed by atoms with Gasteiger partial charge in [-0.3, -0.25) is 0 Å². The Bertz CT molecular complexity index is 490. The number of nitrogens with two attached hydrogens (primary N) is 1. The van der Waals surface area contributed by atoms with Gasteiger partial charge in [-0.05, 0) is 17.7 Å². The lowest BCUT2D eigenvalue weighted by atomic mass is 10.1. The van der Waals surface area contributed by atoms with Crippen molar-refractivity contribution >= 4 is 0 Å². The largest absolute Gasteiger partial charge is 0.497 e.